The quantitative estimate of drug-likeness (QED) is 0.943. The van der Waals surface area contributed by atoms with E-state index in [1.54, 1.807) is 18.0 Å². The summed E-state index contributed by atoms with van der Waals surface area (Å²) in [4.78, 5) is 6.11. The molecule has 0 saturated carbocycles. The fraction of sp³-hybridized carbons (Fsp3) is 0.235. The third-order valence-corrected chi connectivity index (χ3v) is 4.93. The third kappa shape index (κ3) is 2.57. The summed E-state index contributed by atoms with van der Waals surface area (Å²) in [6.07, 6.45) is 3.58. The minimum atomic E-state index is -1.01. The maximum Gasteiger partial charge on any atom is 0.174 e. The molecular weight excluding hydrogens is 280 g/mol. The number of hydrogen-bond donors (Lipinski definition) is 1. The number of rotatable bonds is 3. The van der Waals surface area contributed by atoms with E-state index >= 15 is 0 Å². The molecule has 0 spiro atoms. The van der Waals surface area contributed by atoms with Crippen LogP contribution in [0.1, 0.15) is 16.7 Å². The molecule has 0 radical (unpaired) electrons. The van der Waals surface area contributed by atoms with Crippen LogP contribution < -0.4 is 0 Å². The van der Waals surface area contributed by atoms with E-state index in [4.69, 9.17) is 0 Å². The Labute approximate surface area is 129 Å². The number of aryl methyl sites for hydroxylation is 1. The predicted octanol–water partition coefficient (Wildman–Crippen LogP) is 3.26. The van der Waals surface area contributed by atoms with Gasteiger partial charge >= 0.3 is 0 Å². The molecule has 1 aliphatic heterocycles. The van der Waals surface area contributed by atoms with E-state index in [9.17, 15) is 5.11 Å². The van der Waals surface area contributed by atoms with Crippen LogP contribution in [0.25, 0.3) is 0 Å². The zero-order chi connectivity index (χ0) is 14.9. The average molecular weight is 298 g/mol. The van der Waals surface area contributed by atoms with Gasteiger partial charge in [0.1, 0.15) is 0 Å². The zero-order valence-corrected chi connectivity index (χ0v) is 12.8. The zero-order valence-electron chi connectivity index (χ0n) is 12.0. The number of nitrogens with zero attached hydrogens (tertiary/aromatic N) is 2. The van der Waals surface area contributed by atoms with Crippen molar-refractivity contribution in [3.8, 4) is 0 Å². The van der Waals surface area contributed by atoms with Crippen molar-refractivity contribution in [2.45, 2.75) is 19.2 Å². The topological polar surface area (TPSA) is 36.4 Å². The Balaban J connectivity index is 1.97. The number of pyridine rings is 1. The summed E-state index contributed by atoms with van der Waals surface area (Å²) in [7, 11) is 0. The van der Waals surface area contributed by atoms with Crippen molar-refractivity contribution >= 4 is 11.8 Å². The van der Waals surface area contributed by atoms with Crippen LogP contribution in [0.15, 0.2) is 60.4 Å². The lowest BCUT2D eigenvalue weighted by molar-refractivity contribution is -0.0686. The van der Waals surface area contributed by atoms with Crippen LogP contribution >= 0.6 is 11.8 Å². The van der Waals surface area contributed by atoms with Gasteiger partial charge < -0.3 is 10.0 Å². The molecule has 108 valence electrons. The minimum Gasteiger partial charge on any atom is -0.366 e. The fourth-order valence-electron chi connectivity index (χ4n) is 2.68. The highest BCUT2D eigenvalue weighted by Gasteiger charge is 2.43. The molecule has 2 aromatic rings. The van der Waals surface area contributed by atoms with E-state index in [-0.39, 0.29) is 0 Å². The van der Waals surface area contributed by atoms with Gasteiger partial charge in [0, 0.05) is 24.5 Å². The van der Waals surface area contributed by atoms with E-state index in [0.29, 0.717) is 12.3 Å². The minimum absolute atomic E-state index is 0.594. The summed E-state index contributed by atoms with van der Waals surface area (Å²) in [5.41, 5.74) is 2.09. The van der Waals surface area contributed by atoms with E-state index < -0.39 is 5.72 Å². The smallest absolute Gasteiger partial charge is 0.174 e. The van der Waals surface area contributed by atoms with Crippen molar-refractivity contribution in [3.63, 3.8) is 0 Å². The SMILES string of the molecule is C=C1SCC(O)(c2ccccc2C)N1Cc1cccnc1. The summed E-state index contributed by atoms with van der Waals surface area (Å²) >= 11 is 1.60. The molecule has 0 aliphatic carbocycles. The van der Waals surface area contributed by atoms with Crippen LogP contribution in [0.5, 0.6) is 0 Å². The first kappa shape index (κ1) is 14.2. The molecule has 1 fully saturated rings. The van der Waals surface area contributed by atoms with Gasteiger partial charge in [0.2, 0.25) is 0 Å². The highest BCUT2D eigenvalue weighted by atomic mass is 32.2. The lowest BCUT2D eigenvalue weighted by atomic mass is 9.97. The van der Waals surface area contributed by atoms with Gasteiger partial charge in [-0.2, -0.15) is 0 Å². The summed E-state index contributed by atoms with van der Waals surface area (Å²) in [6, 6.07) is 11.9. The first-order chi connectivity index (χ1) is 10.1. The standard InChI is InChI=1S/C17H18N2OS/c1-13-6-3-4-8-16(13)17(20)12-21-14(2)19(17)11-15-7-5-9-18-10-15/h3-10,20H,2,11-12H2,1H3. The Morgan fingerprint density at radius 1 is 1.33 bits per heavy atom. The molecular formula is C17H18N2OS. The Morgan fingerprint density at radius 2 is 2.14 bits per heavy atom. The molecule has 3 rings (SSSR count). The van der Waals surface area contributed by atoms with E-state index in [2.05, 4.69) is 11.6 Å². The van der Waals surface area contributed by atoms with Crippen LogP contribution in [-0.4, -0.2) is 20.7 Å². The van der Waals surface area contributed by atoms with Crippen molar-refractivity contribution in [1.82, 2.24) is 9.88 Å². The largest absolute Gasteiger partial charge is 0.366 e. The van der Waals surface area contributed by atoms with E-state index in [1.165, 1.54) is 0 Å². The fourth-order valence-corrected chi connectivity index (χ4v) is 3.74. The number of aromatic nitrogens is 1. The summed E-state index contributed by atoms with van der Waals surface area (Å²) in [6.45, 7) is 6.72. The van der Waals surface area contributed by atoms with Crippen molar-refractivity contribution in [1.29, 1.82) is 0 Å². The maximum atomic E-state index is 11.3. The summed E-state index contributed by atoms with van der Waals surface area (Å²) in [5.74, 6) is 0.594. The average Bonchev–Trinajstić information content (AvgIpc) is 2.78. The van der Waals surface area contributed by atoms with Gasteiger partial charge in [-0.15, -0.1) is 11.8 Å². The highest BCUT2D eigenvalue weighted by molar-refractivity contribution is 8.03. The molecule has 4 heteroatoms. The lowest BCUT2D eigenvalue weighted by Gasteiger charge is -2.36. The van der Waals surface area contributed by atoms with Crippen molar-refractivity contribution in [3.05, 3.63) is 77.1 Å². The van der Waals surface area contributed by atoms with Gasteiger partial charge in [0.05, 0.1) is 10.8 Å². The van der Waals surface area contributed by atoms with Crippen molar-refractivity contribution in [2.75, 3.05) is 5.75 Å². The number of thioether (sulfide) groups is 1. The molecule has 0 amide bonds. The van der Waals surface area contributed by atoms with Crippen LogP contribution in [0.3, 0.4) is 0 Å². The molecule has 3 nitrogen and oxygen atoms in total. The number of aliphatic hydroxyl groups is 1. The summed E-state index contributed by atoms with van der Waals surface area (Å²) in [5, 5.41) is 12.2. The number of hydrogen-bond acceptors (Lipinski definition) is 4. The molecule has 1 N–H and O–H groups in total. The molecule has 1 unspecified atom stereocenters. The first-order valence-electron chi connectivity index (χ1n) is 6.88. The third-order valence-electron chi connectivity index (χ3n) is 3.83. The number of benzene rings is 1. The van der Waals surface area contributed by atoms with Crippen LogP contribution in [-0.2, 0) is 12.3 Å². The molecule has 1 aromatic carbocycles. The Morgan fingerprint density at radius 3 is 2.86 bits per heavy atom. The Bertz CT molecular complexity index is 659. The van der Waals surface area contributed by atoms with Gasteiger partial charge in [0.15, 0.2) is 5.72 Å². The molecule has 0 bridgehead atoms. The van der Waals surface area contributed by atoms with Gasteiger partial charge in [-0.25, -0.2) is 0 Å². The van der Waals surface area contributed by atoms with Gasteiger partial charge in [-0.05, 0) is 24.1 Å². The van der Waals surface area contributed by atoms with Crippen LogP contribution in [0.4, 0.5) is 0 Å². The second kappa shape index (κ2) is 5.54. The second-order valence-electron chi connectivity index (χ2n) is 5.26. The molecule has 1 saturated heterocycles. The van der Waals surface area contributed by atoms with E-state index in [1.807, 2.05) is 54.4 Å². The van der Waals surface area contributed by atoms with Gasteiger partial charge in [-0.1, -0.05) is 36.9 Å². The molecule has 21 heavy (non-hydrogen) atoms. The maximum absolute atomic E-state index is 11.3. The molecule has 1 atom stereocenters. The predicted molar refractivity (Wildman–Crippen MR) is 86.5 cm³/mol. The van der Waals surface area contributed by atoms with Crippen molar-refractivity contribution < 1.29 is 5.11 Å². The first-order valence-corrected chi connectivity index (χ1v) is 7.86. The Kier molecular flexibility index (Phi) is 3.74. The van der Waals surface area contributed by atoms with Crippen LogP contribution in [0.2, 0.25) is 0 Å². The normalized spacial score (nSPS) is 21.8. The summed E-state index contributed by atoms with van der Waals surface area (Å²) < 4.78 is 0. The second-order valence-corrected chi connectivity index (χ2v) is 6.31. The molecule has 2 heterocycles. The van der Waals surface area contributed by atoms with Crippen molar-refractivity contribution in [2.24, 2.45) is 0 Å². The van der Waals surface area contributed by atoms with Gasteiger partial charge in [-0.3, -0.25) is 4.98 Å². The lowest BCUT2D eigenvalue weighted by Crippen LogP contribution is -2.42. The van der Waals surface area contributed by atoms with Gasteiger partial charge in [0.25, 0.3) is 0 Å². The van der Waals surface area contributed by atoms with Crippen LogP contribution in [0, 0.1) is 6.92 Å². The monoisotopic (exact) mass is 298 g/mol. The molecule has 1 aromatic heterocycles. The Hall–Kier alpha value is -1.78. The molecule has 1 aliphatic rings. The van der Waals surface area contributed by atoms with E-state index in [0.717, 1.165) is 21.7 Å². The highest BCUT2D eigenvalue weighted by Crippen LogP contribution is 2.45.